The fourth-order valence-electron chi connectivity index (χ4n) is 3.13. The average Bonchev–Trinajstić information content (AvgIpc) is 3.04. The smallest absolute Gasteiger partial charge is 0.387 e. The van der Waals surface area contributed by atoms with Gasteiger partial charge in [0.25, 0.3) is 0 Å². The van der Waals surface area contributed by atoms with Crippen molar-refractivity contribution in [2.24, 2.45) is 5.92 Å². The van der Waals surface area contributed by atoms with Crippen LogP contribution in [0.2, 0.25) is 0 Å². The van der Waals surface area contributed by atoms with E-state index in [1.165, 1.54) is 18.2 Å². The minimum atomic E-state index is -2.89. The molecule has 0 aliphatic carbocycles. The quantitative estimate of drug-likeness (QED) is 0.713. The zero-order chi connectivity index (χ0) is 21.0. The van der Waals surface area contributed by atoms with Gasteiger partial charge in [-0.2, -0.15) is 8.78 Å². The molecule has 2 aromatic rings. The van der Waals surface area contributed by atoms with Crippen molar-refractivity contribution in [3.63, 3.8) is 0 Å². The summed E-state index contributed by atoms with van der Waals surface area (Å²) in [6.45, 7) is -2.60. The Labute approximate surface area is 164 Å². The second-order valence-corrected chi connectivity index (χ2v) is 6.56. The summed E-state index contributed by atoms with van der Waals surface area (Å²) in [4.78, 5) is 25.6. The van der Waals surface area contributed by atoms with Crippen molar-refractivity contribution >= 4 is 17.5 Å². The molecule has 1 aliphatic heterocycles. The van der Waals surface area contributed by atoms with Gasteiger partial charge < -0.3 is 15.0 Å². The molecule has 1 N–H and O–H groups in total. The van der Waals surface area contributed by atoms with Gasteiger partial charge in [-0.3, -0.25) is 9.59 Å². The summed E-state index contributed by atoms with van der Waals surface area (Å²) in [7, 11) is 0. The second-order valence-electron chi connectivity index (χ2n) is 6.56. The van der Waals surface area contributed by atoms with Crippen LogP contribution in [0.4, 0.5) is 23.2 Å². The minimum Gasteiger partial charge on any atom is -0.435 e. The van der Waals surface area contributed by atoms with E-state index in [4.69, 9.17) is 0 Å². The number of hydrogen-bond acceptors (Lipinski definition) is 3. The number of alkyl halides is 2. The Morgan fingerprint density at radius 3 is 2.55 bits per heavy atom. The van der Waals surface area contributed by atoms with Crippen molar-refractivity contribution < 1.29 is 31.9 Å². The third-order valence-corrected chi connectivity index (χ3v) is 4.56. The predicted molar refractivity (Wildman–Crippen MR) is 96.6 cm³/mol. The van der Waals surface area contributed by atoms with E-state index in [-0.39, 0.29) is 36.9 Å². The van der Waals surface area contributed by atoms with Gasteiger partial charge in [-0.25, -0.2) is 8.78 Å². The number of ether oxygens (including phenoxy) is 1. The van der Waals surface area contributed by atoms with Crippen LogP contribution >= 0.6 is 0 Å². The molecule has 0 saturated carbocycles. The summed E-state index contributed by atoms with van der Waals surface area (Å²) in [5, 5.41) is 2.71. The molecule has 1 unspecified atom stereocenters. The number of nitrogens with one attached hydrogen (secondary N) is 1. The molecule has 2 aromatic carbocycles. The van der Waals surface area contributed by atoms with Gasteiger partial charge >= 0.3 is 6.61 Å². The monoisotopic (exact) mass is 410 g/mol. The van der Waals surface area contributed by atoms with Crippen LogP contribution in [0, 0.1) is 17.6 Å². The van der Waals surface area contributed by atoms with E-state index in [1.807, 2.05) is 0 Å². The number of rotatable bonds is 7. The number of amides is 2. The summed E-state index contributed by atoms with van der Waals surface area (Å²) in [5.41, 5.74) is 0.752. The van der Waals surface area contributed by atoms with Gasteiger partial charge in [0.1, 0.15) is 17.4 Å². The van der Waals surface area contributed by atoms with E-state index in [0.717, 1.165) is 16.5 Å². The van der Waals surface area contributed by atoms with Gasteiger partial charge in [-0.1, -0.05) is 12.1 Å². The largest absolute Gasteiger partial charge is 0.435 e. The summed E-state index contributed by atoms with van der Waals surface area (Å²) >= 11 is 0. The minimum absolute atomic E-state index is 0.00683. The fraction of sp³-hybridized carbons (Fsp3) is 0.300. The second kappa shape index (κ2) is 8.93. The molecule has 9 heteroatoms. The molecule has 0 bridgehead atoms. The van der Waals surface area contributed by atoms with E-state index < -0.39 is 30.1 Å². The number of carbonyl (C=O) groups is 2. The fourth-order valence-corrected chi connectivity index (χ4v) is 3.13. The lowest BCUT2D eigenvalue weighted by Crippen LogP contribution is -2.34. The molecule has 29 heavy (non-hydrogen) atoms. The van der Waals surface area contributed by atoms with Crippen molar-refractivity contribution in [2.45, 2.75) is 19.5 Å². The number of anilines is 1. The zero-order valence-corrected chi connectivity index (χ0v) is 15.2. The van der Waals surface area contributed by atoms with Gasteiger partial charge in [0.05, 0.1) is 11.6 Å². The summed E-state index contributed by atoms with van der Waals surface area (Å²) < 4.78 is 55.5. The zero-order valence-electron chi connectivity index (χ0n) is 15.2. The molecule has 1 aliphatic rings. The Morgan fingerprint density at radius 1 is 1.17 bits per heavy atom. The van der Waals surface area contributed by atoms with Crippen LogP contribution in [-0.2, 0) is 16.0 Å². The topological polar surface area (TPSA) is 58.6 Å². The molecule has 0 spiro atoms. The molecule has 2 amide bonds. The molecule has 154 valence electrons. The van der Waals surface area contributed by atoms with Crippen molar-refractivity contribution in [2.75, 3.05) is 18.0 Å². The molecular formula is C20H18F4N2O3. The van der Waals surface area contributed by atoms with Crippen LogP contribution in [0.15, 0.2) is 42.5 Å². The van der Waals surface area contributed by atoms with Crippen LogP contribution in [0.5, 0.6) is 5.75 Å². The summed E-state index contributed by atoms with van der Waals surface area (Å²) in [6, 6.07) is 8.96. The van der Waals surface area contributed by atoms with Gasteiger partial charge in [0, 0.05) is 25.6 Å². The van der Waals surface area contributed by atoms with E-state index in [2.05, 4.69) is 10.1 Å². The van der Waals surface area contributed by atoms with Crippen LogP contribution in [0.1, 0.15) is 12.0 Å². The maximum Gasteiger partial charge on any atom is 0.387 e. The highest BCUT2D eigenvalue weighted by atomic mass is 19.3. The number of carbonyl (C=O) groups excluding carboxylic acids is 2. The molecular weight excluding hydrogens is 392 g/mol. The van der Waals surface area contributed by atoms with Gasteiger partial charge in [0.15, 0.2) is 0 Å². The van der Waals surface area contributed by atoms with E-state index in [9.17, 15) is 27.2 Å². The molecule has 1 saturated heterocycles. The van der Waals surface area contributed by atoms with Crippen molar-refractivity contribution in [1.29, 1.82) is 0 Å². The van der Waals surface area contributed by atoms with Crippen molar-refractivity contribution in [3.8, 4) is 5.75 Å². The Balaban J connectivity index is 1.50. The van der Waals surface area contributed by atoms with Crippen LogP contribution in [0.25, 0.3) is 0 Å². The Morgan fingerprint density at radius 2 is 1.90 bits per heavy atom. The Kier molecular flexibility index (Phi) is 6.36. The molecule has 0 radical (unpaired) electrons. The van der Waals surface area contributed by atoms with Gasteiger partial charge in [-0.05, 0) is 36.2 Å². The standard InChI is InChI=1S/C20H18F4N2O3/c21-14-3-6-17(16(22)10-14)26-11-13(9-18(26)27)19(28)25-8-7-12-1-4-15(5-2-12)29-20(23)24/h1-6,10,13,20H,7-9,11H2,(H,25,28). The SMILES string of the molecule is O=C(NCCc1ccc(OC(F)F)cc1)C1CC(=O)N(c2ccc(F)cc2F)C1. The van der Waals surface area contributed by atoms with E-state index in [1.54, 1.807) is 12.1 Å². The molecule has 5 nitrogen and oxygen atoms in total. The van der Waals surface area contributed by atoms with E-state index >= 15 is 0 Å². The third-order valence-electron chi connectivity index (χ3n) is 4.56. The van der Waals surface area contributed by atoms with Crippen molar-refractivity contribution in [1.82, 2.24) is 5.32 Å². The first-order valence-corrected chi connectivity index (χ1v) is 8.90. The molecule has 1 heterocycles. The molecule has 3 rings (SSSR count). The maximum absolute atomic E-state index is 13.9. The molecule has 1 atom stereocenters. The summed E-state index contributed by atoms with van der Waals surface area (Å²) in [5.74, 6) is -2.97. The number of halogens is 4. The van der Waals surface area contributed by atoms with Crippen LogP contribution in [0.3, 0.4) is 0 Å². The van der Waals surface area contributed by atoms with E-state index in [0.29, 0.717) is 12.5 Å². The highest BCUT2D eigenvalue weighted by Gasteiger charge is 2.36. The maximum atomic E-state index is 13.9. The Hall–Kier alpha value is -3.10. The molecule has 0 aromatic heterocycles. The van der Waals surface area contributed by atoms with Crippen molar-refractivity contribution in [3.05, 3.63) is 59.7 Å². The lowest BCUT2D eigenvalue weighted by molar-refractivity contribution is -0.126. The number of benzene rings is 2. The highest BCUT2D eigenvalue weighted by molar-refractivity contribution is 6.00. The number of nitrogens with zero attached hydrogens (tertiary/aromatic N) is 1. The first-order chi connectivity index (χ1) is 13.8. The molecule has 1 fully saturated rings. The first-order valence-electron chi connectivity index (χ1n) is 8.90. The first kappa shape index (κ1) is 20.6. The number of hydrogen-bond donors (Lipinski definition) is 1. The Bertz CT molecular complexity index is 890. The highest BCUT2D eigenvalue weighted by Crippen LogP contribution is 2.28. The third kappa shape index (κ3) is 5.24. The lowest BCUT2D eigenvalue weighted by atomic mass is 10.1. The summed E-state index contributed by atoms with van der Waals surface area (Å²) in [6.07, 6.45) is 0.389. The van der Waals surface area contributed by atoms with Crippen LogP contribution < -0.4 is 15.0 Å². The van der Waals surface area contributed by atoms with Gasteiger partial charge in [0.2, 0.25) is 11.8 Å². The average molecular weight is 410 g/mol. The lowest BCUT2D eigenvalue weighted by Gasteiger charge is -2.17. The normalized spacial score (nSPS) is 16.4. The van der Waals surface area contributed by atoms with Gasteiger partial charge in [-0.15, -0.1) is 0 Å². The van der Waals surface area contributed by atoms with Crippen LogP contribution in [-0.4, -0.2) is 31.5 Å². The predicted octanol–water partition coefficient (Wildman–Crippen LogP) is 3.28.